The Morgan fingerprint density at radius 3 is 2.44 bits per heavy atom. The van der Waals surface area contributed by atoms with E-state index in [1.54, 1.807) is 6.92 Å². The van der Waals surface area contributed by atoms with Crippen LogP contribution < -0.4 is 5.32 Å². The Morgan fingerprint density at radius 1 is 1.44 bits per heavy atom. The largest absolute Gasteiger partial charge is 0.480 e. The molecular weight excluding hydrogens is 250 g/mol. The molecule has 1 atom stereocenters. The van der Waals surface area contributed by atoms with Crippen LogP contribution in [0.15, 0.2) is 6.07 Å². The fraction of sp³-hybridized carbons (Fsp3) is 0.538. The van der Waals surface area contributed by atoms with Crippen LogP contribution in [0.4, 0.5) is 0 Å². The number of aliphatic carboxylic acids is 1. The van der Waals surface area contributed by atoms with Crippen molar-refractivity contribution in [2.24, 2.45) is 5.92 Å². The van der Waals surface area contributed by atoms with Crippen molar-refractivity contribution in [3.63, 3.8) is 0 Å². The molecule has 0 radical (unpaired) electrons. The third-order valence-corrected chi connectivity index (χ3v) is 4.75. The number of carbonyl (C=O) groups excluding carboxylic acids is 1. The minimum absolute atomic E-state index is 0.0566. The number of rotatable bonds is 4. The Labute approximate surface area is 110 Å². The third kappa shape index (κ3) is 2.27. The van der Waals surface area contributed by atoms with Gasteiger partial charge < -0.3 is 10.4 Å². The van der Waals surface area contributed by atoms with Gasteiger partial charge >= 0.3 is 5.97 Å². The highest BCUT2D eigenvalue weighted by molar-refractivity contribution is 7.14. The van der Waals surface area contributed by atoms with Gasteiger partial charge in [-0.05, 0) is 51.2 Å². The average molecular weight is 267 g/mol. The Morgan fingerprint density at radius 2 is 2.06 bits per heavy atom. The van der Waals surface area contributed by atoms with Gasteiger partial charge in [-0.1, -0.05) is 0 Å². The van der Waals surface area contributed by atoms with E-state index in [4.69, 9.17) is 0 Å². The van der Waals surface area contributed by atoms with Crippen LogP contribution in [0.25, 0.3) is 0 Å². The Bertz CT molecular complexity index is 485. The zero-order valence-corrected chi connectivity index (χ0v) is 11.6. The first kappa shape index (κ1) is 13.1. The molecule has 0 aromatic carbocycles. The minimum Gasteiger partial charge on any atom is -0.480 e. The lowest BCUT2D eigenvalue weighted by atomic mass is 9.96. The molecule has 0 bridgehead atoms. The molecule has 0 spiro atoms. The van der Waals surface area contributed by atoms with Crippen LogP contribution in [0.3, 0.4) is 0 Å². The number of aryl methyl sites for hydroxylation is 2. The molecule has 98 valence electrons. The van der Waals surface area contributed by atoms with E-state index in [2.05, 4.69) is 5.32 Å². The highest BCUT2D eigenvalue weighted by atomic mass is 32.1. The average Bonchev–Trinajstić information content (AvgIpc) is 3.07. The second-order valence-electron chi connectivity index (χ2n) is 5.09. The van der Waals surface area contributed by atoms with E-state index in [9.17, 15) is 14.7 Å². The molecule has 1 amide bonds. The van der Waals surface area contributed by atoms with Gasteiger partial charge in [0.15, 0.2) is 0 Å². The van der Waals surface area contributed by atoms with Gasteiger partial charge in [-0.3, -0.25) is 4.79 Å². The van der Waals surface area contributed by atoms with Gasteiger partial charge in [0.25, 0.3) is 5.91 Å². The summed E-state index contributed by atoms with van der Waals surface area (Å²) in [4.78, 5) is 25.1. The van der Waals surface area contributed by atoms with Crippen LogP contribution in [0, 0.1) is 19.8 Å². The molecule has 5 heteroatoms. The summed E-state index contributed by atoms with van der Waals surface area (Å²) in [5.74, 6) is -1.18. The van der Waals surface area contributed by atoms with Crippen molar-refractivity contribution in [1.82, 2.24) is 5.32 Å². The SMILES string of the molecule is Cc1cc(C(=O)NC(C)(C(=O)O)C2CC2)sc1C. The standard InChI is InChI=1S/C13H17NO3S/c1-7-6-10(18-8(7)2)11(15)14-13(3,12(16)17)9-4-5-9/h6,9H,4-5H2,1-3H3,(H,14,15)(H,16,17). The molecule has 4 nitrogen and oxygen atoms in total. The highest BCUT2D eigenvalue weighted by Gasteiger charge is 2.48. The van der Waals surface area contributed by atoms with E-state index in [-0.39, 0.29) is 11.8 Å². The fourth-order valence-electron chi connectivity index (χ4n) is 1.97. The van der Waals surface area contributed by atoms with Crippen molar-refractivity contribution in [3.8, 4) is 0 Å². The molecule has 18 heavy (non-hydrogen) atoms. The van der Waals surface area contributed by atoms with Crippen LogP contribution in [0.1, 0.15) is 39.9 Å². The predicted octanol–water partition coefficient (Wildman–Crippen LogP) is 2.35. The Hall–Kier alpha value is -1.36. The van der Waals surface area contributed by atoms with E-state index in [0.717, 1.165) is 23.3 Å². The first-order valence-electron chi connectivity index (χ1n) is 5.97. The molecule has 2 N–H and O–H groups in total. The quantitative estimate of drug-likeness (QED) is 0.880. The summed E-state index contributed by atoms with van der Waals surface area (Å²) in [6.45, 7) is 5.49. The third-order valence-electron chi connectivity index (χ3n) is 3.60. The zero-order valence-electron chi connectivity index (χ0n) is 10.7. The lowest BCUT2D eigenvalue weighted by Crippen LogP contribution is -2.53. The van der Waals surface area contributed by atoms with Crippen LogP contribution in [0.2, 0.25) is 0 Å². The van der Waals surface area contributed by atoms with Gasteiger partial charge in [-0.15, -0.1) is 11.3 Å². The maximum Gasteiger partial charge on any atom is 0.329 e. The van der Waals surface area contributed by atoms with Crippen molar-refractivity contribution in [1.29, 1.82) is 0 Å². The molecule has 0 saturated heterocycles. The van der Waals surface area contributed by atoms with Gasteiger partial charge in [0.2, 0.25) is 0 Å². The molecule has 1 saturated carbocycles. The van der Waals surface area contributed by atoms with E-state index in [1.807, 2.05) is 19.9 Å². The highest BCUT2D eigenvalue weighted by Crippen LogP contribution is 2.40. The van der Waals surface area contributed by atoms with Crippen molar-refractivity contribution in [2.45, 2.75) is 39.2 Å². The van der Waals surface area contributed by atoms with E-state index >= 15 is 0 Å². The van der Waals surface area contributed by atoms with Crippen LogP contribution in [-0.4, -0.2) is 22.5 Å². The zero-order chi connectivity index (χ0) is 13.5. The van der Waals surface area contributed by atoms with Gasteiger partial charge in [0, 0.05) is 4.88 Å². The van der Waals surface area contributed by atoms with Crippen molar-refractivity contribution >= 4 is 23.2 Å². The fourth-order valence-corrected chi connectivity index (χ4v) is 2.90. The van der Waals surface area contributed by atoms with E-state index in [0.29, 0.717) is 4.88 Å². The first-order chi connectivity index (χ1) is 8.34. The number of amides is 1. The number of hydrogen-bond acceptors (Lipinski definition) is 3. The Balaban J connectivity index is 2.17. The number of carbonyl (C=O) groups is 2. The minimum atomic E-state index is -1.14. The van der Waals surface area contributed by atoms with Crippen LogP contribution >= 0.6 is 11.3 Å². The monoisotopic (exact) mass is 267 g/mol. The number of carboxylic acids is 1. The lowest BCUT2D eigenvalue weighted by molar-refractivity contribution is -0.144. The smallest absolute Gasteiger partial charge is 0.329 e. The summed E-state index contributed by atoms with van der Waals surface area (Å²) in [5, 5.41) is 12.0. The topological polar surface area (TPSA) is 66.4 Å². The molecule has 1 heterocycles. The second kappa shape index (κ2) is 4.39. The molecular formula is C13H17NO3S. The van der Waals surface area contributed by atoms with Crippen molar-refractivity contribution in [3.05, 3.63) is 21.4 Å². The summed E-state index contributed by atoms with van der Waals surface area (Å²) in [6, 6.07) is 1.81. The molecule has 1 aromatic heterocycles. The second-order valence-corrected chi connectivity index (χ2v) is 6.34. The van der Waals surface area contributed by atoms with Gasteiger partial charge in [-0.2, -0.15) is 0 Å². The van der Waals surface area contributed by atoms with Gasteiger partial charge in [-0.25, -0.2) is 4.79 Å². The summed E-state index contributed by atoms with van der Waals surface area (Å²) in [5.41, 5.74) is -0.0725. The molecule has 0 aliphatic heterocycles. The molecule has 1 aliphatic rings. The van der Waals surface area contributed by atoms with E-state index < -0.39 is 11.5 Å². The molecule has 1 unspecified atom stereocenters. The van der Waals surface area contributed by atoms with E-state index in [1.165, 1.54) is 11.3 Å². The lowest BCUT2D eigenvalue weighted by Gasteiger charge is -2.25. The molecule has 1 aliphatic carbocycles. The normalized spacial score (nSPS) is 18.2. The van der Waals surface area contributed by atoms with Crippen LogP contribution in [-0.2, 0) is 4.79 Å². The number of carboxylic acid groups (broad SMARTS) is 1. The summed E-state index contributed by atoms with van der Waals surface area (Å²) >= 11 is 1.40. The van der Waals surface area contributed by atoms with Crippen molar-refractivity contribution in [2.75, 3.05) is 0 Å². The maximum absolute atomic E-state index is 12.1. The number of thiophene rings is 1. The summed E-state index contributed by atoms with van der Waals surface area (Å²) in [7, 11) is 0. The van der Waals surface area contributed by atoms with Gasteiger partial charge in [0.1, 0.15) is 5.54 Å². The first-order valence-corrected chi connectivity index (χ1v) is 6.79. The summed E-state index contributed by atoms with van der Waals surface area (Å²) in [6.07, 6.45) is 1.73. The van der Waals surface area contributed by atoms with Crippen LogP contribution in [0.5, 0.6) is 0 Å². The number of nitrogens with one attached hydrogen (secondary N) is 1. The van der Waals surface area contributed by atoms with Crippen molar-refractivity contribution < 1.29 is 14.7 Å². The molecule has 1 aromatic rings. The Kier molecular flexibility index (Phi) is 3.19. The summed E-state index contributed by atoms with van der Waals surface area (Å²) < 4.78 is 0. The maximum atomic E-state index is 12.1. The predicted molar refractivity (Wildman–Crippen MR) is 70.0 cm³/mol. The van der Waals surface area contributed by atoms with Gasteiger partial charge in [0.05, 0.1) is 4.88 Å². The molecule has 1 fully saturated rings. The number of hydrogen-bond donors (Lipinski definition) is 2. The molecule has 2 rings (SSSR count).